The lowest BCUT2D eigenvalue weighted by Gasteiger charge is -2.39. The zero-order valence-corrected chi connectivity index (χ0v) is 17.3. The molecule has 6 heteroatoms. The summed E-state index contributed by atoms with van der Waals surface area (Å²) in [5, 5.41) is 8.68. The topological polar surface area (TPSA) is 59.2 Å². The van der Waals surface area contributed by atoms with Crippen molar-refractivity contribution in [3.8, 4) is 11.5 Å². The predicted molar refractivity (Wildman–Crippen MR) is 106 cm³/mol. The fourth-order valence-electron chi connectivity index (χ4n) is 5.12. The molecule has 0 unspecified atom stereocenters. The van der Waals surface area contributed by atoms with Gasteiger partial charge in [-0.25, -0.2) is 0 Å². The zero-order chi connectivity index (χ0) is 19.2. The standard InChI is InChI=1S/C21H27N3O2S/c1-14-6-5-7-15(8-14)18-22-23-19(26-18)27-11-17(25)24-13-21(4)10-16(24)9-20(2,3)12-21/h5-8,16H,9-13H2,1-4H3/t16-,21-/m0/s1. The van der Waals surface area contributed by atoms with Gasteiger partial charge in [-0.05, 0) is 49.1 Å². The summed E-state index contributed by atoms with van der Waals surface area (Å²) in [6.07, 6.45) is 3.42. The van der Waals surface area contributed by atoms with Crippen LogP contribution >= 0.6 is 11.8 Å². The molecule has 4 rings (SSSR count). The summed E-state index contributed by atoms with van der Waals surface area (Å²) in [7, 11) is 0. The van der Waals surface area contributed by atoms with Gasteiger partial charge >= 0.3 is 0 Å². The van der Waals surface area contributed by atoms with E-state index in [4.69, 9.17) is 4.42 Å². The van der Waals surface area contributed by atoms with Crippen LogP contribution in [0.2, 0.25) is 0 Å². The Hall–Kier alpha value is -1.82. The van der Waals surface area contributed by atoms with Crippen molar-refractivity contribution in [2.75, 3.05) is 12.3 Å². The first-order valence-corrected chi connectivity index (χ1v) is 10.5. The quantitative estimate of drug-likeness (QED) is 0.722. The van der Waals surface area contributed by atoms with Crippen LogP contribution in [-0.2, 0) is 4.79 Å². The first-order valence-electron chi connectivity index (χ1n) is 9.56. The summed E-state index contributed by atoms with van der Waals surface area (Å²) in [6, 6.07) is 8.34. The van der Waals surface area contributed by atoms with Crippen molar-refractivity contribution in [2.24, 2.45) is 10.8 Å². The highest BCUT2D eigenvalue weighted by atomic mass is 32.2. The Morgan fingerprint density at radius 1 is 1.30 bits per heavy atom. The van der Waals surface area contributed by atoms with Crippen molar-refractivity contribution in [2.45, 2.75) is 58.2 Å². The molecule has 0 radical (unpaired) electrons. The molecule has 1 aliphatic carbocycles. The normalized spacial score (nSPS) is 26.4. The lowest BCUT2D eigenvalue weighted by molar-refractivity contribution is -0.129. The van der Waals surface area contributed by atoms with Crippen LogP contribution in [0.3, 0.4) is 0 Å². The van der Waals surface area contributed by atoms with Gasteiger partial charge in [0.2, 0.25) is 11.8 Å². The van der Waals surface area contributed by atoms with Gasteiger partial charge in [-0.2, -0.15) is 0 Å². The van der Waals surface area contributed by atoms with E-state index in [1.807, 2.05) is 31.2 Å². The van der Waals surface area contributed by atoms with E-state index in [0.29, 0.717) is 28.3 Å². The zero-order valence-electron chi connectivity index (χ0n) is 16.5. The van der Waals surface area contributed by atoms with Gasteiger partial charge in [-0.3, -0.25) is 4.79 Å². The maximum atomic E-state index is 12.9. The molecule has 1 amide bonds. The number of carbonyl (C=O) groups is 1. The molecule has 1 saturated heterocycles. The van der Waals surface area contributed by atoms with Gasteiger partial charge in [0.25, 0.3) is 5.22 Å². The number of hydrogen-bond donors (Lipinski definition) is 0. The number of aromatic nitrogens is 2. The minimum Gasteiger partial charge on any atom is -0.411 e. The van der Waals surface area contributed by atoms with Crippen molar-refractivity contribution in [3.05, 3.63) is 29.8 Å². The summed E-state index contributed by atoms with van der Waals surface area (Å²) >= 11 is 1.34. The van der Waals surface area contributed by atoms with Gasteiger partial charge in [0.1, 0.15) is 0 Å². The number of rotatable bonds is 4. The van der Waals surface area contributed by atoms with Crippen molar-refractivity contribution in [1.82, 2.24) is 15.1 Å². The second-order valence-electron chi connectivity index (χ2n) is 9.27. The minimum absolute atomic E-state index is 0.182. The highest BCUT2D eigenvalue weighted by molar-refractivity contribution is 7.99. The molecule has 5 nitrogen and oxygen atoms in total. The third-order valence-electron chi connectivity index (χ3n) is 5.73. The summed E-state index contributed by atoms with van der Waals surface area (Å²) in [4.78, 5) is 14.9. The Labute approximate surface area is 164 Å². The monoisotopic (exact) mass is 385 g/mol. The van der Waals surface area contributed by atoms with Crippen LogP contribution in [0.25, 0.3) is 11.5 Å². The predicted octanol–water partition coefficient (Wildman–Crippen LogP) is 4.56. The first kappa shape index (κ1) is 18.5. The van der Waals surface area contributed by atoms with Crippen molar-refractivity contribution in [3.63, 3.8) is 0 Å². The van der Waals surface area contributed by atoms with Crippen molar-refractivity contribution >= 4 is 17.7 Å². The van der Waals surface area contributed by atoms with Crippen LogP contribution in [0.15, 0.2) is 33.9 Å². The highest BCUT2D eigenvalue weighted by Crippen LogP contribution is 2.52. The largest absolute Gasteiger partial charge is 0.411 e. The van der Waals surface area contributed by atoms with Gasteiger partial charge in [-0.15, -0.1) is 10.2 Å². The van der Waals surface area contributed by atoms with Gasteiger partial charge in [0, 0.05) is 18.2 Å². The van der Waals surface area contributed by atoms with E-state index < -0.39 is 0 Å². The molecule has 2 aromatic rings. The molecule has 2 fully saturated rings. The van der Waals surface area contributed by atoms with Gasteiger partial charge in [-0.1, -0.05) is 50.2 Å². The molecule has 1 aromatic carbocycles. The molecule has 1 aliphatic heterocycles. The molecular weight excluding hydrogens is 358 g/mol. The summed E-state index contributed by atoms with van der Waals surface area (Å²) in [6.45, 7) is 9.88. The third-order valence-corrected chi connectivity index (χ3v) is 6.53. The lowest BCUT2D eigenvalue weighted by Crippen LogP contribution is -2.38. The molecule has 1 saturated carbocycles. The van der Waals surface area contributed by atoms with Crippen LogP contribution in [0, 0.1) is 17.8 Å². The lowest BCUT2D eigenvalue weighted by atomic mass is 9.65. The highest BCUT2D eigenvalue weighted by Gasteiger charge is 2.50. The second kappa shape index (κ2) is 6.66. The third kappa shape index (κ3) is 3.91. The molecule has 0 N–H and O–H groups in total. The van der Waals surface area contributed by atoms with Gasteiger partial charge < -0.3 is 9.32 Å². The molecule has 2 heterocycles. The Bertz CT molecular complexity index is 863. The van der Waals surface area contributed by atoms with Crippen molar-refractivity contribution < 1.29 is 9.21 Å². The van der Waals surface area contributed by atoms with E-state index in [0.717, 1.165) is 30.5 Å². The number of benzene rings is 1. The summed E-state index contributed by atoms with van der Waals surface area (Å²) in [5.41, 5.74) is 2.63. The van der Waals surface area contributed by atoms with E-state index in [1.54, 1.807) is 0 Å². The number of nitrogens with zero attached hydrogens (tertiary/aromatic N) is 3. The molecular formula is C21H27N3O2S. The SMILES string of the molecule is Cc1cccc(-c2nnc(SCC(=O)N3C[C@@]4(C)C[C@@H]3CC(C)(C)C4)o2)c1. The van der Waals surface area contributed by atoms with Gasteiger partial charge in [0.05, 0.1) is 5.75 Å². The Balaban J connectivity index is 1.39. The maximum Gasteiger partial charge on any atom is 0.277 e. The second-order valence-corrected chi connectivity index (χ2v) is 10.2. The number of aryl methyl sites for hydroxylation is 1. The summed E-state index contributed by atoms with van der Waals surface area (Å²) in [5.74, 6) is 1.03. The number of hydrogen-bond acceptors (Lipinski definition) is 5. The molecule has 2 bridgehead atoms. The number of fused-ring (bicyclic) bond motifs is 2. The molecule has 27 heavy (non-hydrogen) atoms. The fourth-order valence-corrected chi connectivity index (χ4v) is 5.77. The summed E-state index contributed by atoms with van der Waals surface area (Å²) < 4.78 is 5.75. The average molecular weight is 386 g/mol. The van der Waals surface area contributed by atoms with E-state index in [2.05, 4.69) is 35.9 Å². The van der Waals surface area contributed by atoms with E-state index in [1.165, 1.54) is 18.2 Å². The number of thioether (sulfide) groups is 1. The molecule has 2 atom stereocenters. The van der Waals surface area contributed by atoms with E-state index in [-0.39, 0.29) is 11.3 Å². The Morgan fingerprint density at radius 2 is 2.11 bits per heavy atom. The van der Waals surface area contributed by atoms with Crippen LogP contribution in [-0.4, -0.2) is 39.3 Å². The van der Waals surface area contributed by atoms with Crippen LogP contribution in [0.4, 0.5) is 0 Å². The molecule has 144 valence electrons. The van der Waals surface area contributed by atoms with Crippen LogP contribution in [0.5, 0.6) is 0 Å². The number of likely N-dealkylation sites (tertiary alicyclic amines) is 1. The molecule has 1 aromatic heterocycles. The average Bonchev–Trinajstić information content (AvgIpc) is 3.14. The van der Waals surface area contributed by atoms with Crippen LogP contribution in [0.1, 0.15) is 45.6 Å². The maximum absolute atomic E-state index is 12.9. The molecule has 2 aliphatic rings. The number of amides is 1. The first-order chi connectivity index (χ1) is 12.7. The minimum atomic E-state index is 0.182. The Kier molecular flexibility index (Phi) is 4.57. The van der Waals surface area contributed by atoms with Gasteiger partial charge in [0.15, 0.2) is 0 Å². The Morgan fingerprint density at radius 3 is 2.89 bits per heavy atom. The molecule has 0 spiro atoms. The van der Waals surface area contributed by atoms with E-state index in [9.17, 15) is 4.79 Å². The van der Waals surface area contributed by atoms with Crippen molar-refractivity contribution in [1.29, 1.82) is 0 Å². The fraction of sp³-hybridized carbons (Fsp3) is 0.571. The van der Waals surface area contributed by atoms with Crippen LogP contribution < -0.4 is 0 Å². The smallest absolute Gasteiger partial charge is 0.277 e. The van der Waals surface area contributed by atoms with E-state index >= 15 is 0 Å². The number of carbonyl (C=O) groups excluding carboxylic acids is 1.